The maximum atomic E-state index is 12.4. The van der Waals surface area contributed by atoms with Crippen LogP contribution in [0.4, 0.5) is 11.4 Å². The average molecular weight is 388 g/mol. The molecule has 8 heteroatoms. The second-order valence-corrected chi connectivity index (χ2v) is 6.74. The van der Waals surface area contributed by atoms with Crippen molar-refractivity contribution in [2.75, 3.05) is 18.4 Å². The van der Waals surface area contributed by atoms with Gasteiger partial charge in [0.15, 0.2) is 0 Å². The highest BCUT2D eigenvalue weighted by Gasteiger charge is 2.18. The number of likely N-dealkylation sites (tertiary alicyclic amines) is 1. The fraction of sp³-hybridized carbons (Fsp3) is 0.263. The Balaban J connectivity index is 1.66. The summed E-state index contributed by atoms with van der Waals surface area (Å²) in [6.07, 6.45) is 2.43. The molecule has 1 fully saturated rings. The summed E-state index contributed by atoms with van der Waals surface area (Å²) in [6, 6.07) is 10.6. The first-order chi connectivity index (χ1) is 12.9. The van der Waals surface area contributed by atoms with Gasteiger partial charge in [0.25, 0.3) is 11.6 Å². The van der Waals surface area contributed by atoms with Crippen LogP contribution in [0.25, 0.3) is 0 Å². The fourth-order valence-electron chi connectivity index (χ4n) is 2.96. The quantitative estimate of drug-likeness (QED) is 0.625. The second kappa shape index (κ2) is 8.18. The van der Waals surface area contributed by atoms with E-state index in [2.05, 4.69) is 5.32 Å². The summed E-state index contributed by atoms with van der Waals surface area (Å²) in [4.78, 5) is 36.7. The van der Waals surface area contributed by atoms with Gasteiger partial charge in [-0.3, -0.25) is 19.7 Å². The zero-order valence-electron chi connectivity index (χ0n) is 14.5. The Hall–Kier alpha value is -2.93. The van der Waals surface area contributed by atoms with Crippen LogP contribution in [0.1, 0.15) is 28.8 Å². The second-order valence-electron chi connectivity index (χ2n) is 6.34. The van der Waals surface area contributed by atoms with Gasteiger partial charge in [0, 0.05) is 30.9 Å². The molecular formula is C19H18ClN3O4. The molecule has 1 N–H and O–H groups in total. The Morgan fingerprint density at radius 2 is 1.78 bits per heavy atom. The number of anilines is 1. The lowest BCUT2D eigenvalue weighted by molar-refractivity contribution is -0.384. The van der Waals surface area contributed by atoms with Crippen LogP contribution in [0.2, 0.25) is 5.02 Å². The molecule has 0 saturated carbocycles. The van der Waals surface area contributed by atoms with E-state index in [0.29, 0.717) is 12.1 Å². The largest absolute Gasteiger partial charge is 0.342 e. The first-order valence-corrected chi connectivity index (χ1v) is 8.94. The van der Waals surface area contributed by atoms with E-state index in [1.165, 1.54) is 12.1 Å². The van der Waals surface area contributed by atoms with Crippen LogP contribution < -0.4 is 5.32 Å². The molecule has 140 valence electrons. The molecule has 3 rings (SSSR count). The molecule has 2 amide bonds. The number of nitrogens with zero attached hydrogens (tertiary/aromatic N) is 2. The van der Waals surface area contributed by atoms with Crippen molar-refractivity contribution < 1.29 is 14.5 Å². The first-order valence-electron chi connectivity index (χ1n) is 8.56. The van der Waals surface area contributed by atoms with Crippen molar-refractivity contribution in [3.63, 3.8) is 0 Å². The molecule has 7 nitrogen and oxygen atoms in total. The molecule has 2 aromatic rings. The van der Waals surface area contributed by atoms with E-state index in [1.54, 1.807) is 24.3 Å². The minimum atomic E-state index is -0.584. The summed E-state index contributed by atoms with van der Waals surface area (Å²) < 4.78 is 0. The topological polar surface area (TPSA) is 92.6 Å². The van der Waals surface area contributed by atoms with Crippen LogP contribution in [-0.4, -0.2) is 34.7 Å². The summed E-state index contributed by atoms with van der Waals surface area (Å²) in [6.45, 7) is 1.63. The zero-order chi connectivity index (χ0) is 19.4. The summed E-state index contributed by atoms with van der Waals surface area (Å²) in [5.74, 6) is -0.433. The van der Waals surface area contributed by atoms with E-state index in [9.17, 15) is 19.7 Å². The van der Waals surface area contributed by atoms with Crippen molar-refractivity contribution in [1.29, 1.82) is 0 Å². The molecule has 0 bridgehead atoms. The molecule has 1 aliphatic heterocycles. The Morgan fingerprint density at radius 3 is 2.41 bits per heavy atom. The highest BCUT2D eigenvalue weighted by atomic mass is 35.5. The minimum absolute atomic E-state index is 0.0270. The van der Waals surface area contributed by atoms with Crippen molar-refractivity contribution in [2.24, 2.45) is 0 Å². The van der Waals surface area contributed by atoms with Gasteiger partial charge in [-0.15, -0.1) is 0 Å². The van der Waals surface area contributed by atoms with Crippen molar-refractivity contribution in [2.45, 2.75) is 19.3 Å². The average Bonchev–Trinajstić information content (AvgIpc) is 3.18. The summed E-state index contributed by atoms with van der Waals surface area (Å²) in [5.41, 5.74) is 1.19. The van der Waals surface area contributed by atoms with E-state index in [1.807, 2.05) is 4.90 Å². The van der Waals surface area contributed by atoms with Gasteiger partial charge in [0.05, 0.1) is 21.9 Å². The normalized spacial score (nSPS) is 13.4. The third-order valence-corrected chi connectivity index (χ3v) is 4.76. The van der Waals surface area contributed by atoms with Gasteiger partial charge >= 0.3 is 0 Å². The molecule has 0 radical (unpaired) electrons. The van der Waals surface area contributed by atoms with Crippen molar-refractivity contribution in [3.05, 3.63) is 68.7 Å². The van der Waals surface area contributed by atoms with E-state index in [4.69, 9.17) is 11.6 Å². The standard InChI is InChI=1S/C19H18ClN3O4/c20-17-8-7-15(23(26)27)12-16(17)19(25)21-14-5-3-13(4-6-14)11-18(24)22-9-1-2-10-22/h3-8,12H,1-2,9-11H2,(H,21,25). The van der Waals surface area contributed by atoms with Gasteiger partial charge in [-0.05, 0) is 36.6 Å². The predicted molar refractivity (Wildman–Crippen MR) is 102 cm³/mol. The van der Waals surface area contributed by atoms with Gasteiger partial charge < -0.3 is 10.2 Å². The number of benzene rings is 2. The van der Waals surface area contributed by atoms with Crippen molar-refractivity contribution >= 4 is 34.8 Å². The number of hydrogen-bond acceptors (Lipinski definition) is 4. The van der Waals surface area contributed by atoms with Gasteiger partial charge in [-0.2, -0.15) is 0 Å². The molecule has 27 heavy (non-hydrogen) atoms. The van der Waals surface area contributed by atoms with Crippen LogP contribution in [0, 0.1) is 10.1 Å². The van der Waals surface area contributed by atoms with Gasteiger partial charge in [0.1, 0.15) is 0 Å². The molecule has 1 saturated heterocycles. The number of halogens is 1. The highest BCUT2D eigenvalue weighted by molar-refractivity contribution is 6.34. The van der Waals surface area contributed by atoms with Crippen LogP contribution >= 0.6 is 11.6 Å². The van der Waals surface area contributed by atoms with Crippen LogP contribution in [0.15, 0.2) is 42.5 Å². The Kier molecular flexibility index (Phi) is 5.71. The molecular weight excluding hydrogens is 370 g/mol. The maximum Gasteiger partial charge on any atom is 0.270 e. The Morgan fingerprint density at radius 1 is 1.11 bits per heavy atom. The third-order valence-electron chi connectivity index (χ3n) is 4.43. The maximum absolute atomic E-state index is 12.4. The number of non-ortho nitro benzene ring substituents is 1. The highest BCUT2D eigenvalue weighted by Crippen LogP contribution is 2.23. The van der Waals surface area contributed by atoms with Gasteiger partial charge in [-0.1, -0.05) is 23.7 Å². The van der Waals surface area contributed by atoms with Crippen LogP contribution in [0.3, 0.4) is 0 Å². The smallest absolute Gasteiger partial charge is 0.270 e. The number of rotatable bonds is 5. The minimum Gasteiger partial charge on any atom is -0.342 e. The predicted octanol–water partition coefficient (Wildman–Crippen LogP) is 3.67. The fourth-order valence-corrected chi connectivity index (χ4v) is 3.16. The lowest BCUT2D eigenvalue weighted by Crippen LogP contribution is -2.29. The summed E-state index contributed by atoms with van der Waals surface area (Å²) in [7, 11) is 0. The van der Waals surface area contributed by atoms with Crippen molar-refractivity contribution in [1.82, 2.24) is 4.90 Å². The SMILES string of the molecule is O=C(Nc1ccc(CC(=O)N2CCCC2)cc1)c1cc([N+](=O)[O-])ccc1Cl. The van der Waals surface area contributed by atoms with E-state index < -0.39 is 10.8 Å². The molecule has 0 aliphatic carbocycles. The molecule has 1 heterocycles. The lowest BCUT2D eigenvalue weighted by atomic mass is 10.1. The Labute approximate surface area is 161 Å². The number of nitro benzene ring substituents is 1. The van der Waals surface area contributed by atoms with Crippen molar-refractivity contribution in [3.8, 4) is 0 Å². The van der Waals surface area contributed by atoms with Gasteiger partial charge in [-0.25, -0.2) is 0 Å². The molecule has 0 spiro atoms. The van der Waals surface area contributed by atoms with E-state index in [0.717, 1.165) is 37.6 Å². The monoisotopic (exact) mass is 387 g/mol. The van der Waals surface area contributed by atoms with Crippen LogP contribution in [-0.2, 0) is 11.2 Å². The van der Waals surface area contributed by atoms with E-state index >= 15 is 0 Å². The molecule has 2 aromatic carbocycles. The number of nitro groups is 1. The van der Waals surface area contributed by atoms with E-state index in [-0.39, 0.29) is 22.2 Å². The van der Waals surface area contributed by atoms with Crippen LogP contribution in [0.5, 0.6) is 0 Å². The lowest BCUT2D eigenvalue weighted by Gasteiger charge is -2.15. The van der Waals surface area contributed by atoms with Gasteiger partial charge in [0.2, 0.25) is 5.91 Å². The number of carbonyl (C=O) groups excluding carboxylic acids is 2. The molecule has 0 aromatic heterocycles. The third kappa shape index (κ3) is 4.62. The number of amides is 2. The molecule has 0 unspecified atom stereocenters. The number of hydrogen-bond donors (Lipinski definition) is 1. The first kappa shape index (κ1) is 18.8. The molecule has 1 aliphatic rings. The molecule has 0 atom stereocenters. The summed E-state index contributed by atoms with van der Waals surface area (Å²) >= 11 is 5.98. The number of carbonyl (C=O) groups is 2. The zero-order valence-corrected chi connectivity index (χ0v) is 15.2. The number of nitrogens with one attached hydrogen (secondary N) is 1. The summed E-state index contributed by atoms with van der Waals surface area (Å²) in [5, 5.41) is 13.7. The Bertz CT molecular complexity index is 877.